The number of benzene rings is 1. The molecular formula is C17H24N2O. The van der Waals surface area contributed by atoms with E-state index in [0.29, 0.717) is 0 Å². The summed E-state index contributed by atoms with van der Waals surface area (Å²) in [5.41, 5.74) is 2.51. The lowest BCUT2D eigenvalue weighted by atomic mass is 10.1. The normalized spacial score (nSPS) is 11.8. The van der Waals surface area contributed by atoms with Crippen molar-refractivity contribution in [2.45, 2.75) is 46.1 Å². The van der Waals surface area contributed by atoms with Crippen LogP contribution in [0.1, 0.15) is 38.6 Å². The Labute approximate surface area is 121 Å². The second kappa shape index (κ2) is 6.23. The van der Waals surface area contributed by atoms with E-state index in [0.717, 1.165) is 36.6 Å². The Kier molecular flexibility index (Phi) is 4.61. The lowest BCUT2D eigenvalue weighted by molar-refractivity contribution is 0.412. The van der Waals surface area contributed by atoms with Crippen LogP contribution in [0.3, 0.4) is 0 Å². The van der Waals surface area contributed by atoms with Crippen LogP contribution in [0.15, 0.2) is 34.9 Å². The van der Waals surface area contributed by atoms with Crippen LogP contribution < -0.4 is 5.32 Å². The molecule has 20 heavy (non-hydrogen) atoms. The van der Waals surface area contributed by atoms with Crippen molar-refractivity contribution in [3.8, 4) is 11.3 Å². The zero-order valence-electron chi connectivity index (χ0n) is 12.9. The number of nitrogens with one attached hydrogen (secondary N) is 1. The molecule has 0 bridgehead atoms. The molecule has 0 aliphatic rings. The summed E-state index contributed by atoms with van der Waals surface area (Å²) in [6.07, 6.45) is 3.72. The molecular weight excluding hydrogens is 248 g/mol. The van der Waals surface area contributed by atoms with Crippen molar-refractivity contribution in [2.24, 2.45) is 0 Å². The number of rotatable bonds is 5. The van der Waals surface area contributed by atoms with Crippen LogP contribution >= 0.6 is 0 Å². The number of aryl methyl sites for hydroxylation is 2. The van der Waals surface area contributed by atoms with Crippen LogP contribution in [0.4, 0.5) is 0 Å². The molecule has 0 aliphatic carbocycles. The van der Waals surface area contributed by atoms with Gasteiger partial charge in [0.1, 0.15) is 0 Å². The van der Waals surface area contributed by atoms with Crippen LogP contribution in [0.25, 0.3) is 11.3 Å². The maximum atomic E-state index is 5.80. The standard InChI is InChI=1S/C17H24N2O/c1-13-7-9-14(10-8-13)15-12-18-16(20-15)6-5-11-19-17(2,3)4/h7-10,12,19H,5-6,11H2,1-4H3. The van der Waals surface area contributed by atoms with Crippen LogP contribution in [0, 0.1) is 6.92 Å². The zero-order valence-corrected chi connectivity index (χ0v) is 12.9. The second-order valence-corrected chi connectivity index (χ2v) is 6.26. The summed E-state index contributed by atoms with van der Waals surface area (Å²) in [6.45, 7) is 9.58. The molecule has 3 nitrogen and oxygen atoms in total. The minimum absolute atomic E-state index is 0.170. The van der Waals surface area contributed by atoms with Gasteiger partial charge >= 0.3 is 0 Å². The van der Waals surface area contributed by atoms with Gasteiger partial charge in [-0.05, 0) is 40.7 Å². The molecule has 1 heterocycles. The average Bonchev–Trinajstić information content (AvgIpc) is 2.83. The van der Waals surface area contributed by atoms with Gasteiger partial charge in [-0.2, -0.15) is 0 Å². The Morgan fingerprint density at radius 1 is 1.15 bits per heavy atom. The van der Waals surface area contributed by atoms with E-state index >= 15 is 0 Å². The smallest absolute Gasteiger partial charge is 0.194 e. The Balaban J connectivity index is 1.88. The summed E-state index contributed by atoms with van der Waals surface area (Å²) < 4.78 is 5.80. The molecule has 0 radical (unpaired) electrons. The van der Waals surface area contributed by atoms with Crippen molar-refractivity contribution >= 4 is 0 Å². The van der Waals surface area contributed by atoms with Crippen molar-refractivity contribution in [1.29, 1.82) is 0 Å². The summed E-state index contributed by atoms with van der Waals surface area (Å²) >= 11 is 0. The molecule has 0 saturated carbocycles. The Morgan fingerprint density at radius 3 is 2.50 bits per heavy atom. The number of aromatic nitrogens is 1. The summed E-state index contributed by atoms with van der Waals surface area (Å²) in [5.74, 6) is 1.67. The van der Waals surface area contributed by atoms with Gasteiger partial charge in [0, 0.05) is 17.5 Å². The van der Waals surface area contributed by atoms with E-state index in [2.05, 4.69) is 62.3 Å². The van der Waals surface area contributed by atoms with Crippen molar-refractivity contribution in [2.75, 3.05) is 6.54 Å². The molecule has 108 valence electrons. The van der Waals surface area contributed by atoms with E-state index < -0.39 is 0 Å². The van der Waals surface area contributed by atoms with Crippen molar-refractivity contribution < 1.29 is 4.42 Å². The van der Waals surface area contributed by atoms with Crippen LogP contribution in [0.2, 0.25) is 0 Å². The third-order valence-electron chi connectivity index (χ3n) is 3.11. The second-order valence-electron chi connectivity index (χ2n) is 6.26. The molecule has 0 saturated heterocycles. The maximum Gasteiger partial charge on any atom is 0.194 e. The first-order valence-electron chi connectivity index (χ1n) is 7.21. The minimum atomic E-state index is 0.170. The third kappa shape index (κ3) is 4.49. The molecule has 1 N–H and O–H groups in total. The molecule has 0 unspecified atom stereocenters. The molecule has 1 aromatic carbocycles. The lowest BCUT2D eigenvalue weighted by Crippen LogP contribution is -2.36. The summed E-state index contributed by atoms with van der Waals surface area (Å²) in [4.78, 5) is 4.35. The highest BCUT2D eigenvalue weighted by Crippen LogP contribution is 2.21. The molecule has 0 fully saturated rings. The van der Waals surface area contributed by atoms with Gasteiger partial charge in [0.2, 0.25) is 0 Å². The van der Waals surface area contributed by atoms with E-state index in [-0.39, 0.29) is 5.54 Å². The molecule has 0 spiro atoms. The highest BCUT2D eigenvalue weighted by Gasteiger charge is 2.09. The van der Waals surface area contributed by atoms with Crippen LogP contribution in [-0.4, -0.2) is 17.1 Å². The Morgan fingerprint density at radius 2 is 1.85 bits per heavy atom. The number of nitrogens with zero attached hydrogens (tertiary/aromatic N) is 1. The SMILES string of the molecule is Cc1ccc(-c2cnc(CCCNC(C)(C)C)o2)cc1. The van der Waals surface area contributed by atoms with Crippen LogP contribution in [-0.2, 0) is 6.42 Å². The molecule has 0 aliphatic heterocycles. The first-order valence-corrected chi connectivity index (χ1v) is 7.21. The van der Waals surface area contributed by atoms with E-state index in [1.165, 1.54) is 5.56 Å². The molecule has 3 heteroatoms. The van der Waals surface area contributed by atoms with Crippen LogP contribution in [0.5, 0.6) is 0 Å². The van der Waals surface area contributed by atoms with Gasteiger partial charge in [-0.15, -0.1) is 0 Å². The fourth-order valence-electron chi connectivity index (χ4n) is 1.98. The van der Waals surface area contributed by atoms with Crippen molar-refractivity contribution in [1.82, 2.24) is 10.3 Å². The fourth-order valence-corrected chi connectivity index (χ4v) is 1.98. The minimum Gasteiger partial charge on any atom is -0.441 e. The fraction of sp³-hybridized carbons (Fsp3) is 0.471. The third-order valence-corrected chi connectivity index (χ3v) is 3.11. The highest BCUT2D eigenvalue weighted by atomic mass is 16.4. The predicted molar refractivity (Wildman–Crippen MR) is 82.8 cm³/mol. The lowest BCUT2D eigenvalue weighted by Gasteiger charge is -2.19. The Hall–Kier alpha value is -1.61. The molecule has 2 rings (SSSR count). The van der Waals surface area contributed by atoms with E-state index in [1.807, 2.05) is 6.20 Å². The first kappa shape index (κ1) is 14.8. The van der Waals surface area contributed by atoms with E-state index in [9.17, 15) is 0 Å². The van der Waals surface area contributed by atoms with Gasteiger partial charge in [-0.25, -0.2) is 4.98 Å². The molecule has 2 aromatic rings. The predicted octanol–water partition coefficient (Wildman–Crippen LogP) is 3.97. The summed E-state index contributed by atoms with van der Waals surface area (Å²) in [7, 11) is 0. The highest BCUT2D eigenvalue weighted by molar-refractivity contribution is 5.56. The van der Waals surface area contributed by atoms with E-state index in [1.54, 1.807) is 0 Å². The Bertz CT molecular complexity index is 535. The average molecular weight is 272 g/mol. The molecule has 1 aromatic heterocycles. The molecule has 0 atom stereocenters. The van der Waals surface area contributed by atoms with Gasteiger partial charge in [0.25, 0.3) is 0 Å². The summed E-state index contributed by atoms with van der Waals surface area (Å²) in [6, 6.07) is 8.32. The number of oxazole rings is 1. The first-order chi connectivity index (χ1) is 9.44. The number of hydrogen-bond donors (Lipinski definition) is 1. The van der Waals surface area contributed by atoms with Crippen molar-refractivity contribution in [3.05, 3.63) is 41.9 Å². The monoisotopic (exact) mass is 272 g/mol. The van der Waals surface area contributed by atoms with Gasteiger partial charge in [-0.3, -0.25) is 0 Å². The quantitative estimate of drug-likeness (QED) is 0.837. The largest absolute Gasteiger partial charge is 0.441 e. The van der Waals surface area contributed by atoms with Gasteiger partial charge < -0.3 is 9.73 Å². The van der Waals surface area contributed by atoms with Gasteiger partial charge in [-0.1, -0.05) is 29.8 Å². The maximum absolute atomic E-state index is 5.80. The van der Waals surface area contributed by atoms with Gasteiger partial charge in [0.15, 0.2) is 11.7 Å². The zero-order chi connectivity index (χ0) is 14.6. The van der Waals surface area contributed by atoms with E-state index in [4.69, 9.17) is 4.42 Å². The topological polar surface area (TPSA) is 38.1 Å². The number of hydrogen-bond acceptors (Lipinski definition) is 3. The van der Waals surface area contributed by atoms with Gasteiger partial charge in [0.05, 0.1) is 6.20 Å². The van der Waals surface area contributed by atoms with Crippen molar-refractivity contribution in [3.63, 3.8) is 0 Å². The molecule has 0 amide bonds. The summed E-state index contributed by atoms with van der Waals surface area (Å²) in [5, 5.41) is 3.47.